The first kappa shape index (κ1) is 23.3. The molecule has 176 valence electrons. The Morgan fingerprint density at radius 1 is 0.879 bits per heavy atom. The number of piperidine rings is 1. The molecule has 0 aromatic heterocycles. The first-order valence-electron chi connectivity index (χ1n) is 12.2. The summed E-state index contributed by atoms with van der Waals surface area (Å²) in [6, 6.07) is 14.4. The number of carboxylic acid groups (broad SMARTS) is 1. The summed E-state index contributed by atoms with van der Waals surface area (Å²) in [7, 11) is 0. The third-order valence-electron chi connectivity index (χ3n) is 6.91. The highest BCUT2D eigenvalue weighted by Gasteiger charge is 2.25. The SMILES string of the molecule is O=C(O)c1ccc(Oc2ccc(CN3CCC(C(=O)NCC4CCCCC4)CC3)cc2)cc1. The third-order valence-corrected chi connectivity index (χ3v) is 6.91. The number of carbonyl (C=O) groups excluding carboxylic acids is 1. The molecule has 2 aromatic carbocycles. The van der Waals surface area contributed by atoms with E-state index in [1.165, 1.54) is 49.8 Å². The number of likely N-dealkylation sites (tertiary alicyclic amines) is 1. The van der Waals surface area contributed by atoms with E-state index in [4.69, 9.17) is 9.84 Å². The van der Waals surface area contributed by atoms with E-state index in [1.807, 2.05) is 12.1 Å². The number of ether oxygens (including phenoxy) is 1. The maximum absolute atomic E-state index is 12.6. The van der Waals surface area contributed by atoms with Gasteiger partial charge in [0.05, 0.1) is 5.56 Å². The highest BCUT2D eigenvalue weighted by molar-refractivity contribution is 5.87. The second kappa shape index (κ2) is 11.3. The Morgan fingerprint density at radius 2 is 1.48 bits per heavy atom. The maximum Gasteiger partial charge on any atom is 0.335 e. The smallest absolute Gasteiger partial charge is 0.335 e. The first-order valence-corrected chi connectivity index (χ1v) is 12.2. The summed E-state index contributed by atoms with van der Waals surface area (Å²) < 4.78 is 5.81. The molecule has 1 aliphatic heterocycles. The van der Waals surface area contributed by atoms with Crippen LogP contribution < -0.4 is 10.1 Å². The van der Waals surface area contributed by atoms with Crippen LogP contribution in [0.5, 0.6) is 11.5 Å². The van der Waals surface area contributed by atoms with E-state index in [-0.39, 0.29) is 17.4 Å². The number of hydrogen-bond donors (Lipinski definition) is 2. The number of amides is 1. The molecule has 2 N–H and O–H groups in total. The molecule has 0 radical (unpaired) electrons. The number of nitrogens with one attached hydrogen (secondary N) is 1. The molecule has 6 heteroatoms. The number of nitrogens with zero attached hydrogens (tertiary/aromatic N) is 1. The molecule has 1 heterocycles. The molecular weight excluding hydrogens is 416 g/mol. The summed E-state index contributed by atoms with van der Waals surface area (Å²) in [5.41, 5.74) is 1.45. The molecule has 0 atom stereocenters. The fraction of sp³-hybridized carbons (Fsp3) is 0.481. The van der Waals surface area contributed by atoms with Crippen LogP contribution in [0.25, 0.3) is 0 Å². The van der Waals surface area contributed by atoms with Crippen molar-refractivity contribution >= 4 is 11.9 Å². The Bertz CT molecular complexity index is 912. The third kappa shape index (κ3) is 6.81. The summed E-state index contributed by atoms with van der Waals surface area (Å²) in [6.07, 6.45) is 8.34. The van der Waals surface area contributed by atoms with E-state index in [9.17, 15) is 9.59 Å². The van der Waals surface area contributed by atoms with Crippen LogP contribution >= 0.6 is 0 Å². The average Bonchev–Trinajstić information content (AvgIpc) is 2.85. The van der Waals surface area contributed by atoms with Gasteiger partial charge in [-0.3, -0.25) is 9.69 Å². The molecule has 4 rings (SSSR count). The van der Waals surface area contributed by atoms with Crippen molar-refractivity contribution in [2.24, 2.45) is 11.8 Å². The lowest BCUT2D eigenvalue weighted by atomic mass is 9.89. The zero-order valence-corrected chi connectivity index (χ0v) is 19.2. The minimum Gasteiger partial charge on any atom is -0.478 e. The molecule has 1 amide bonds. The molecule has 0 unspecified atom stereocenters. The van der Waals surface area contributed by atoms with Crippen molar-refractivity contribution < 1.29 is 19.4 Å². The van der Waals surface area contributed by atoms with E-state index in [0.29, 0.717) is 11.7 Å². The van der Waals surface area contributed by atoms with Crippen LogP contribution in [-0.2, 0) is 11.3 Å². The second-order valence-electron chi connectivity index (χ2n) is 9.38. The van der Waals surface area contributed by atoms with Crippen molar-refractivity contribution in [1.29, 1.82) is 0 Å². The fourth-order valence-electron chi connectivity index (χ4n) is 4.86. The number of benzene rings is 2. The topological polar surface area (TPSA) is 78.9 Å². The normalized spacial score (nSPS) is 18.1. The van der Waals surface area contributed by atoms with Crippen molar-refractivity contribution in [2.45, 2.75) is 51.5 Å². The minimum atomic E-state index is -0.949. The zero-order chi connectivity index (χ0) is 23.0. The van der Waals surface area contributed by atoms with Crippen LogP contribution in [0.1, 0.15) is 60.9 Å². The first-order chi connectivity index (χ1) is 16.1. The summed E-state index contributed by atoms with van der Waals surface area (Å²) in [4.78, 5) is 25.9. The maximum atomic E-state index is 12.6. The Kier molecular flexibility index (Phi) is 8.00. The van der Waals surface area contributed by atoms with Gasteiger partial charge in [0, 0.05) is 19.0 Å². The van der Waals surface area contributed by atoms with E-state index in [2.05, 4.69) is 22.3 Å². The van der Waals surface area contributed by atoms with Gasteiger partial charge in [0.25, 0.3) is 0 Å². The summed E-state index contributed by atoms with van der Waals surface area (Å²) in [6.45, 7) is 3.60. The van der Waals surface area contributed by atoms with Gasteiger partial charge in [-0.25, -0.2) is 4.79 Å². The number of carboxylic acids is 1. The summed E-state index contributed by atoms with van der Waals surface area (Å²) in [5, 5.41) is 12.2. The molecule has 0 bridgehead atoms. The van der Waals surface area contributed by atoms with Crippen molar-refractivity contribution in [3.63, 3.8) is 0 Å². The number of aromatic carboxylic acids is 1. The Balaban J connectivity index is 1.19. The van der Waals surface area contributed by atoms with Gasteiger partial charge in [-0.2, -0.15) is 0 Å². The van der Waals surface area contributed by atoms with Gasteiger partial charge in [0.2, 0.25) is 5.91 Å². The van der Waals surface area contributed by atoms with E-state index >= 15 is 0 Å². The van der Waals surface area contributed by atoms with Crippen LogP contribution in [0.4, 0.5) is 0 Å². The zero-order valence-electron chi connectivity index (χ0n) is 19.2. The van der Waals surface area contributed by atoms with E-state index < -0.39 is 5.97 Å². The van der Waals surface area contributed by atoms with E-state index in [1.54, 1.807) is 12.1 Å². The van der Waals surface area contributed by atoms with Gasteiger partial charge in [-0.1, -0.05) is 31.4 Å². The molecule has 33 heavy (non-hydrogen) atoms. The van der Waals surface area contributed by atoms with Crippen molar-refractivity contribution in [3.8, 4) is 11.5 Å². The minimum absolute atomic E-state index is 0.146. The molecule has 1 aliphatic carbocycles. The second-order valence-corrected chi connectivity index (χ2v) is 9.38. The molecule has 0 spiro atoms. The Morgan fingerprint density at radius 3 is 2.09 bits per heavy atom. The highest BCUT2D eigenvalue weighted by Crippen LogP contribution is 2.25. The molecule has 1 saturated heterocycles. The average molecular weight is 451 g/mol. The van der Waals surface area contributed by atoms with Crippen LogP contribution in [0.3, 0.4) is 0 Å². The van der Waals surface area contributed by atoms with Crippen molar-refractivity contribution in [1.82, 2.24) is 10.2 Å². The largest absolute Gasteiger partial charge is 0.478 e. The number of rotatable bonds is 8. The van der Waals surface area contributed by atoms with Crippen LogP contribution in [0.2, 0.25) is 0 Å². The van der Waals surface area contributed by atoms with Gasteiger partial charge in [-0.15, -0.1) is 0 Å². The highest BCUT2D eigenvalue weighted by atomic mass is 16.5. The Hall–Kier alpha value is -2.86. The summed E-state index contributed by atoms with van der Waals surface area (Å²) >= 11 is 0. The lowest BCUT2D eigenvalue weighted by Crippen LogP contribution is -2.41. The van der Waals surface area contributed by atoms with Crippen LogP contribution in [-0.4, -0.2) is 41.5 Å². The monoisotopic (exact) mass is 450 g/mol. The molecule has 2 fully saturated rings. The molecule has 2 aromatic rings. The van der Waals surface area contributed by atoms with E-state index in [0.717, 1.165) is 44.8 Å². The van der Waals surface area contributed by atoms with Gasteiger partial charge in [0.1, 0.15) is 11.5 Å². The lowest BCUT2D eigenvalue weighted by Gasteiger charge is -2.32. The van der Waals surface area contributed by atoms with Gasteiger partial charge in [-0.05, 0) is 86.7 Å². The van der Waals surface area contributed by atoms with Crippen molar-refractivity contribution in [2.75, 3.05) is 19.6 Å². The van der Waals surface area contributed by atoms with Gasteiger partial charge in [0.15, 0.2) is 0 Å². The van der Waals surface area contributed by atoms with Crippen molar-refractivity contribution in [3.05, 3.63) is 59.7 Å². The summed E-state index contributed by atoms with van der Waals surface area (Å²) in [5.74, 6) is 1.45. The van der Waals surface area contributed by atoms with Crippen LogP contribution in [0, 0.1) is 11.8 Å². The number of carbonyl (C=O) groups is 2. The quantitative estimate of drug-likeness (QED) is 0.586. The standard InChI is InChI=1S/C27H34N2O4/c30-26(28-18-20-4-2-1-3-5-20)22-14-16-29(17-15-22)19-21-6-10-24(11-7-21)33-25-12-8-23(9-13-25)27(31)32/h6-13,20,22H,1-5,14-19H2,(H,28,30)(H,31,32). The number of hydrogen-bond acceptors (Lipinski definition) is 4. The fourth-order valence-corrected chi connectivity index (χ4v) is 4.86. The predicted molar refractivity (Wildman–Crippen MR) is 128 cm³/mol. The molecule has 6 nitrogen and oxygen atoms in total. The Labute approximate surface area is 195 Å². The lowest BCUT2D eigenvalue weighted by molar-refractivity contribution is -0.126. The van der Waals surface area contributed by atoms with Gasteiger partial charge < -0.3 is 15.2 Å². The van der Waals surface area contributed by atoms with Crippen LogP contribution in [0.15, 0.2) is 48.5 Å². The molecule has 1 saturated carbocycles. The molecule has 2 aliphatic rings. The predicted octanol–water partition coefficient (Wildman–Crippen LogP) is 5.09. The van der Waals surface area contributed by atoms with Gasteiger partial charge >= 0.3 is 5.97 Å². The molecular formula is C27H34N2O4.